The minimum Gasteiger partial charge on any atom is -0.334 e. The molecule has 0 unspecified atom stereocenters. The minimum atomic E-state index is -0.411. The number of thiocarbonyl (C=S) groups is 1. The highest BCUT2D eigenvalue weighted by molar-refractivity contribution is 8.26. The number of rotatable bonds is 4. The summed E-state index contributed by atoms with van der Waals surface area (Å²) in [5.41, 5.74) is 1.31. The van der Waals surface area contributed by atoms with E-state index in [1.807, 2.05) is 17.0 Å². The average Bonchev–Trinajstić information content (AvgIpc) is 3.03. The van der Waals surface area contributed by atoms with E-state index in [0.29, 0.717) is 21.3 Å². The van der Waals surface area contributed by atoms with Crippen molar-refractivity contribution in [3.8, 4) is 0 Å². The topological polar surface area (TPSA) is 53.5 Å². The first-order valence-corrected chi connectivity index (χ1v) is 11.0. The molecule has 1 atom stereocenters. The lowest BCUT2D eigenvalue weighted by atomic mass is 9.96. The summed E-state index contributed by atoms with van der Waals surface area (Å²) < 4.78 is 14.3. The van der Waals surface area contributed by atoms with Gasteiger partial charge in [-0.05, 0) is 43.0 Å². The van der Waals surface area contributed by atoms with E-state index in [1.54, 1.807) is 30.6 Å². The van der Waals surface area contributed by atoms with E-state index in [1.165, 1.54) is 17.0 Å². The molecule has 154 valence electrons. The number of halogens is 1. The number of pyridine rings is 1. The maximum Gasteiger partial charge on any atom is 0.266 e. The first-order valence-electron chi connectivity index (χ1n) is 9.74. The van der Waals surface area contributed by atoms with E-state index in [4.69, 9.17) is 12.2 Å². The summed E-state index contributed by atoms with van der Waals surface area (Å²) in [4.78, 5) is 33.6. The molecule has 2 aliphatic heterocycles. The lowest BCUT2D eigenvalue weighted by Crippen LogP contribution is -2.45. The van der Waals surface area contributed by atoms with Crippen LogP contribution < -0.4 is 0 Å². The Morgan fingerprint density at radius 1 is 1.27 bits per heavy atom. The van der Waals surface area contributed by atoms with Crippen LogP contribution in [0.2, 0.25) is 0 Å². The molecule has 0 radical (unpaired) electrons. The summed E-state index contributed by atoms with van der Waals surface area (Å²) in [6.07, 6.45) is 7.80. The predicted molar refractivity (Wildman–Crippen MR) is 119 cm³/mol. The standard InChI is InChI=1S/C22H20FN3O2S2/c23-17-8-2-1-6-15(17)12-19-21(28)26(22(29)30-19)14-20(27)25-11-4-3-9-18(25)16-7-5-10-24-13-16/h1-2,5-8,10,12-13,18H,3-4,9,11,14H2/b19-12-/t18-/m0/s1. The van der Waals surface area contributed by atoms with Crippen molar-refractivity contribution in [2.45, 2.75) is 25.3 Å². The summed E-state index contributed by atoms with van der Waals surface area (Å²) in [7, 11) is 0. The van der Waals surface area contributed by atoms with E-state index in [0.717, 1.165) is 36.6 Å². The number of thioether (sulfide) groups is 1. The van der Waals surface area contributed by atoms with Crippen molar-refractivity contribution in [2.24, 2.45) is 0 Å². The molecule has 2 saturated heterocycles. The summed E-state index contributed by atoms with van der Waals surface area (Å²) in [6.45, 7) is 0.522. The summed E-state index contributed by atoms with van der Waals surface area (Å²) >= 11 is 6.43. The highest BCUT2D eigenvalue weighted by Gasteiger charge is 2.36. The van der Waals surface area contributed by atoms with Crippen LogP contribution in [0.15, 0.2) is 53.7 Å². The average molecular weight is 442 g/mol. The number of carbonyl (C=O) groups is 2. The Balaban J connectivity index is 1.50. The van der Waals surface area contributed by atoms with Crippen LogP contribution in [0.25, 0.3) is 6.08 Å². The third-order valence-corrected chi connectivity index (χ3v) is 6.63. The fourth-order valence-electron chi connectivity index (χ4n) is 3.75. The Kier molecular flexibility index (Phi) is 6.24. The molecule has 0 aliphatic carbocycles. The molecule has 2 amide bonds. The Morgan fingerprint density at radius 2 is 2.10 bits per heavy atom. The number of hydrogen-bond acceptors (Lipinski definition) is 5. The Morgan fingerprint density at radius 3 is 2.87 bits per heavy atom. The van der Waals surface area contributed by atoms with Gasteiger partial charge in [-0.25, -0.2) is 4.39 Å². The molecule has 5 nitrogen and oxygen atoms in total. The molecule has 0 spiro atoms. The van der Waals surface area contributed by atoms with Gasteiger partial charge in [0.25, 0.3) is 5.91 Å². The largest absolute Gasteiger partial charge is 0.334 e. The molecule has 2 aromatic rings. The van der Waals surface area contributed by atoms with Gasteiger partial charge >= 0.3 is 0 Å². The van der Waals surface area contributed by atoms with Crippen LogP contribution in [0, 0.1) is 5.82 Å². The second kappa shape index (κ2) is 9.06. The van der Waals surface area contributed by atoms with Crippen molar-refractivity contribution < 1.29 is 14.0 Å². The first-order chi connectivity index (χ1) is 14.5. The highest BCUT2D eigenvalue weighted by Crippen LogP contribution is 2.34. The molecule has 4 rings (SSSR count). The fourth-order valence-corrected chi connectivity index (χ4v) is 4.99. The SMILES string of the molecule is O=C1/C(=C/c2ccccc2F)SC(=S)N1CC(=O)N1CCCC[C@H]1c1cccnc1. The van der Waals surface area contributed by atoms with Crippen LogP contribution in [0.3, 0.4) is 0 Å². The van der Waals surface area contributed by atoms with Crippen molar-refractivity contribution in [1.82, 2.24) is 14.8 Å². The van der Waals surface area contributed by atoms with Crippen molar-refractivity contribution >= 4 is 46.2 Å². The molecule has 30 heavy (non-hydrogen) atoms. The van der Waals surface area contributed by atoms with Crippen LogP contribution in [-0.4, -0.2) is 44.0 Å². The van der Waals surface area contributed by atoms with Gasteiger partial charge in [0.1, 0.15) is 16.7 Å². The third-order valence-electron chi connectivity index (χ3n) is 5.25. The zero-order valence-electron chi connectivity index (χ0n) is 16.2. The van der Waals surface area contributed by atoms with Crippen LogP contribution in [-0.2, 0) is 9.59 Å². The van der Waals surface area contributed by atoms with Gasteiger partial charge in [0.2, 0.25) is 5.91 Å². The van der Waals surface area contributed by atoms with Gasteiger partial charge in [-0.1, -0.05) is 48.2 Å². The summed E-state index contributed by atoms with van der Waals surface area (Å²) in [5, 5.41) is 0. The molecule has 0 saturated carbocycles. The molecular formula is C22H20FN3O2S2. The van der Waals surface area contributed by atoms with Gasteiger partial charge in [-0.2, -0.15) is 0 Å². The van der Waals surface area contributed by atoms with Crippen molar-refractivity contribution in [2.75, 3.05) is 13.1 Å². The van der Waals surface area contributed by atoms with Crippen LogP contribution in [0.4, 0.5) is 4.39 Å². The highest BCUT2D eigenvalue weighted by atomic mass is 32.2. The van der Waals surface area contributed by atoms with E-state index < -0.39 is 5.82 Å². The summed E-state index contributed by atoms with van der Waals surface area (Å²) in [6, 6.07) is 10.0. The van der Waals surface area contributed by atoms with Gasteiger partial charge in [0.05, 0.1) is 10.9 Å². The molecular weight excluding hydrogens is 421 g/mol. The lowest BCUT2D eigenvalue weighted by molar-refractivity contribution is -0.138. The molecule has 2 fully saturated rings. The molecule has 8 heteroatoms. The molecule has 0 N–H and O–H groups in total. The van der Waals surface area contributed by atoms with Gasteiger partial charge in [0.15, 0.2) is 0 Å². The summed E-state index contributed by atoms with van der Waals surface area (Å²) in [5.74, 6) is -0.921. The molecule has 1 aromatic heterocycles. The van der Waals surface area contributed by atoms with Crippen molar-refractivity contribution in [3.63, 3.8) is 0 Å². The van der Waals surface area contributed by atoms with Crippen LogP contribution in [0.1, 0.15) is 36.4 Å². The molecule has 2 aliphatic rings. The zero-order valence-corrected chi connectivity index (χ0v) is 17.8. The monoisotopic (exact) mass is 441 g/mol. The number of carbonyl (C=O) groups excluding carboxylic acids is 2. The fraction of sp³-hybridized carbons (Fsp3) is 0.273. The number of piperidine rings is 1. The number of aromatic nitrogens is 1. The Bertz CT molecular complexity index is 1010. The van der Waals surface area contributed by atoms with Gasteiger partial charge in [-0.15, -0.1) is 0 Å². The minimum absolute atomic E-state index is 0.0488. The van der Waals surface area contributed by atoms with Crippen LogP contribution in [0.5, 0.6) is 0 Å². The lowest BCUT2D eigenvalue weighted by Gasteiger charge is -2.36. The number of nitrogens with zero attached hydrogens (tertiary/aromatic N) is 3. The van der Waals surface area contributed by atoms with E-state index >= 15 is 0 Å². The van der Waals surface area contributed by atoms with Gasteiger partial charge in [-0.3, -0.25) is 19.5 Å². The van der Waals surface area contributed by atoms with E-state index in [-0.39, 0.29) is 24.4 Å². The van der Waals surface area contributed by atoms with Crippen molar-refractivity contribution in [3.05, 3.63) is 70.6 Å². The predicted octanol–water partition coefficient (Wildman–Crippen LogP) is 4.18. The second-order valence-corrected chi connectivity index (χ2v) is 8.85. The number of likely N-dealkylation sites (tertiary alicyclic amines) is 1. The molecule has 3 heterocycles. The second-order valence-electron chi connectivity index (χ2n) is 7.17. The van der Waals surface area contributed by atoms with Crippen LogP contribution >= 0.6 is 24.0 Å². The Labute approximate surface area is 184 Å². The maximum atomic E-state index is 13.9. The quantitative estimate of drug-likeness (QED) is 0.526. The molecule has 0 bridgehead atoms. The van der Waals surface area contributed by atoms with Gasteiger partial charge < -0.3 is 4.90 Å². The van der Waals surface area contributed by atoms with Crippen molar-refractivity contribution in [1.29, 1.82) is 0 Å². The maximum absolute atomic E-state index is 13.9. The number of benzene rings is 1. The third kappa shape index (κ3) is 4.29. The normalized spacial score (nSPS) is 20.8. The Hall–Kier alpha value is -2.58. The molecule has 1 aromatic carbocycles. The number of amides is 2. The van der Waals surface area contributed by atoms with E-state index in [9.17, 15) is 14.0 Å². The number of hydrogen-bond donors (Lipinski definition) is 0. The van der Waals surface area contributed by atoms with E-state index in [2.05, 4.69) is 4.98 Å². The smallest absolute Gasteiger partial charge is 0.266 e. The zero-order chi connectivity index (χ0) is 21.1. The van der Waals surface area contributed by atoms with Gasteiger partial charge in [0, 0.05) is 24.5 Å². The first kappa shape index (κ1) is 20.7.